The van der Waals surface area contributed by atoms with E-state index in [0.717, 1.165) is 17.7 Å². The molecule has 1 atom stereocenters. The smallest absolute Gasteiger partial charge is 0.273 e. The number of hydrazone groups is 1. The van der Waals surface area contributed by atoms with E-state index in [4.69, 9.17) is 4.74 Å². The molecule has 1 amide bonds. The number of rotatable bonds is 5. The number of nitrogens with one attached hydrogen (secondary N) is 1. The Morgan fingerprint density at radius 3 is 2.59 bits per heavy atom. The summed E-state index contributed by atoms with van der Waals surface area (Å²) in [5.74, 6) is -0.258. The van der Waals surface area contributed by atoms with E-state index in [-0.39, 0.29) is 5.91 Å². The molecule has 0 aliphatic carbocycles. The first-order chi connectivity index (χ1) is 8.19. The van der Waals surface area contributed by atoms with Gasteiger partial charge in [0.1, 0.15) is 0 Å². The lowest BCUT2D eigenvalue weighted by Crippen LogP contribution is -2.27. The number of hydrogen-bond acceptors (Lipinski definition) is 3. The van der Waals surface area contributed by atoms with E-state index < -0.39 is 6.10 Å². The second-order valence-corrected chi connectivity index (χ2v) is 3.70. The summed E-state index contributed by atoms with van der Waals surface area (Å²) in [6, 6.07) is 9.34. The highest BCUT2D eigenvalue weighted by atomic mass is 16.5. The molecule has 1 N–H and O–H groups in total. The van der Waals surface area contributed by atoms with Gasteiger partial charge in [-0.15, -0.1) is 0 Å². The molecule has 1 aromatic rings. The van der Waals surface area contributed by atoms with Gasteiger partial charge >= 0.3 is 0 Å². The lowest BCUT2D eigenvalue weighted by Gasteiger charge is -2.13. The second-order valence-electron chi connectivity index (χ2n) is 3.70. The molecule has 0 saturated heterocycles. The Balaban J connectivity index is 2.72. The zero-order valence-corrected chi connectivity index (χ0v) is 10.4. The summed E-state index contributed by atoms with van der Waals surface area (Å²) in [4.78, 5) is 11.9. The van der Waals surface area contributed by atoms with Crippen LogP contribution < -0.4 is 5.43 Å². The van der Waals surface area contributed by atoms with Crippen molar-refractivity contribution < 1.29 is 9.53 Å². The van der Waals surface area contributed by atoms with Crippen LogP contribution in [0.4, 0.5) is 0 Å². The lowest BCUT2D eigenvalue weighted by molar-refractivity contribution is -0.131. The Kier molecular flexibility index (Phi) is 5.36. The average Bonchev–Trinajstić information content (AvgIpc) is 2.38. The summed E-state index contributed by atoms with van der Waals surface area (Å²) in [6.07, 6.45) is 0.188. The van der Waals surface area contributed by atoms with Gasteiger partial charge in [-0.05, 0) is 18.9 Å². The summed E-state index contributed by atoms with van der Waals surface area (Å²) in [5.41, 5.74) is 4.20. The number of benzene rings is 1. The minimum atomic E-state index is -0.621. The van der Waals surface area contributed by atoms with E-state index in [1.807, 2.05) is 44.2 Å². The number of ether oxygens (including phenoxy) is 1. The van der Waals surface area contributed by atoms with Gasteiger partial charge in [0.15, 0.2) is 6.10 Å². The Morgan fingerprint density at radius 1 is 1.41 bits per heavy atom. The highest BCUT2D eigenvalue weighted by Crippen LogP contribution is 2.15. The van der Waals surface area contributed by atoms with Crippen molar-refractivity contribution in [3.63, 3.8) is 0 Å². The predicted octanol–water partition coefficient (Wildman–Crippen LogP) is 2.28. The molecule has 17 heavy (non-hydrogen) atoms. The fourth-order valence-electron chi connectivity index (χ4n) is 1.31. The third-order valence-corrected chi connectivity index (χ3v) is 2.44. The molecule has 0 bridgehead atoms. The highest BCUT2D eigenvalue weighted by Gasteiger charge is 2.19. The first kappa shape index (κ1) is 13.4. The van der Waals surface area contributed by atoms with Crippen LogP contribution in [0.15, 0.2) is 35.4 Å². The number of nitrogens with zero attached hydrogens (tertiary/aromatic N) is 1. The molecule has 0 saturated carbocycles. The molecular formula is C13H18N2O2. The molecule has 0 aliphatic heterocycles. The molecule has 0 radical (unpaired) electrons. The number of amides is 1. The number of hydrogen-bond donors (Lipinski definition) is 1. The van der Waals surface area contributed by atoms with E-state index in [0.29, 0.717) is 0 Å². The van der Waals surface area contributed by atoms with Crippen molar-refractivity contribution in [3.05, 3.63) is 35.9 Å². The molecule has 92 valence electrons. The van der Waals surface area contributed by atoms with Crippen LogP contribution in [0, 0.1) is 0 Å². The van der Waals surface area contributed by atoms with Crippen LogP contribution in [0.5, 0.6) is 0 Å². The van der Waals surface area contributed by atoms with Crippen molar-refractivity contribution in [1.82, 2.24) is 5.43 Å². The molecule has 0 fully saturated rings. The standard InChI is InChI=1S/C13H18N2O2/c1-4-10(2)14-15-13(16)12(17-3)11-8-6-5-7-9-11/h5-9,12H,4H2,1-3H3,(H,15,16)/b14-10-/t12-/m0/s1. The van der Waals surface area contributed by atoms with Crippen LogP contribution >= 0.6 is 0 Å². The van der Waals surface area contributed by atoms with Crippen LogP contribution in [0.25, 0.3) is 0 Å². The fourth-order valence-corrected chi connectivity index (χ4v) is 1.31. The average molecular weight is 234 g/mol. The number of methoxy groups -OCH3 is 1. The molecule has 1 aromatic carbocycles. The molecular weight excluding hydrogens is 216 g/mol. The molecule has 0 spiro atoms. The van der Waals surface area contributed by atoms with Crippen LogP contribution in [0.1, 0.15) is 31.9 Å². The molecule has 4 nitrogen and oxygen atoms in total. The Morgan fingerprint density at radius 2 is 2.06 bits per heavy atom. The minimum Gasteiger partial charge on any atom is -0.367 e. The normalized spacial score (nSPS) is 13.2. The van der Waals surface area contributed by atoms with Gasteiger partial charge in [0.25, 0.3) is 5.91 Å². The van der Waals surface area contributed by atoms with Gasteiger partial charge < -0.3 is 4.74 Å². The van der Waals surface area contributed by atoms with Gasteiger partial charge in [0.05, 0.1) is 0 Å². The number of carbonyl (C=O) groups is 1. The van der Waals surface area contributed by atoms with E-state index in [1.165, 1.54) is 7.11 Å². The molecule has 0 aliphatic rings. The van der Waals surface area contributed by atoms with E-state index >= 15 is 0 Å². The van der Waals surface area contributed by atoms with Crippen molar-refractivity contribution in [2.45, 2.75) is 26.4 Å². The van der Waals surface area contributed by atoms with Crippen LogP contribution in [0.3, 0.4) is 0 Å². The molecule has 0 aromatic heterocycles. The van der Waals surface area contributed by atoms with Crippen molar-refractivity contribution in [2.24, 2.45) is 5.10 Å². The van der Waals surface area contributed by atoms with Crippen LogP contribution in [0.2, 0.25) is 0 Å². The topological polar surface area (TPSA) is 50.7 Å². The van der Waals surface area contributed by atoms with E-state index in [9.17, 15) is 4.79 Å². The van der Waals surface area contributed by atoms with Crippen LogP contribution in [-0.2, 0) is 9.53 Å². The Hall–Kier alpha value is -1.68. The zero-order chi connectivity index (χ0) is 12.7. The lowest BCUT2D eigenvalue weighted by atomic mass is 10.1. The maximum atomic E-state index is 11.9. The maximum Gasteiger partial charge on any atom is 0.273 e. The monoisotopic (exact) mass is 234 g/mol. The first-order valence-electron chi connectivity index (χ1n) is 5.59. The van der Waals surface area contributed by atoms with E-state index in [2.05, 4.69) is 10.5 Å². The summed E-state index contributed by atoms with van der Waals surface area (Å²) in [7, 11) is 1.51. The summed E-state index contributed by atoms with van der Waals surface area (Å²) in [6.45, 7) is 3.85. The third kappa shape index (κ3) is 4.00. The first-order valence-corrected chi connectivity index (χ1v) is 5.59. The third-order valence-electron chi connectivity index (χ3n) is 2.44. The summed E-state index contributed by atoms with van der Waals surface area (Å²) in [5, 5.41) is 3.97. The molecule has 0 heterocycles. The fraction of sp³-hybridized carbons (Fsp3) is 0.385. The predicted molar refractivity (Wildman–Crippen MR) is 67.7 cm³/mol. The quantitative estimate of drug-likeness (QED) is 0.627. The second kappa shape index (κ2) is 6.81. The van der Waals surface area contributed by atoms with Crippen LogP contribution in [-0.4, -0.2) is 18.7 Å². The van der Waals surface area contributed by atoms with Gasteiger partial charge in [0.2, 0.25) is 0 Å². The SMILES string of the molecule is CC/C(C)=N\NC(=O)[C@@H](OC)c1ccccc1. The van der Waals surface area contributed by atoms with Gasteiger partial charge in [-0.3, -0.25) is 4.79 Å². The van der Waals surface area contributed by atoms with Crippen molar-refractivity contribution in [1.29, 1.82) is 0 Å². The van der Waals surface area contributed by atoms with E-state index in [1.54, 1.807) is 0 Å². The molecule has 0 unspecified atom stereocenters. The molecule has 1 rings (SSSR count). The van der Waals surface area contributed by atoms with Gasteiger partial charge in [-0.1, -0.05) is 37.3 Å². The summed E-state index contributed by atoms with van der Waals surface area (Å²) < 4.78 is 5.18. The molecule has 4 heteroatoms. The van der Waals surface area contributed by atoms with Gasteiger partial charge in [0, 0.05) is 12.8 Å². The number of carbonyl (C=O) groups excluding carboxylic acids is 1. The highest BCUT2D eigenvalue weighted by molar-refractivity contribution is 5.86. The van der Waals surface area contributed by atoms with Crippen molar-refractivity contribution >= 4 is 11.6 Å². The summed E-state index contributed by atoms with van der Waals surface area (Å²) >= 11 is 0. The van der Waals surface area contributed by atoms with Gasteiger partial charge in [-0.2, -0.15) is 5.10 Å². The largest absolute Gasteiger partial charge is 0.367 e. The maximum absolute atomic E-state index is 11.9. The zero-order valence-electron chi connectivity index (χ0n) is 10.4. The van der Waals surface area contributed by atoms with Crippen molar-refractivity contribution in [2.75, 3.05) is 7.11 Å². The Labute approximate surface area is 102 Å². The minimum absolute atomic E-state index is 0.258. The van der Waals surface area contributed by atoms with Gasteiger partial charge in [-0.25, -0.2) is 5.43 Å². The Bertz CT molecular complexity index is 388. The van der Waals surface area contributed by atoms with Crippen molar-refractivity contribution in [3.8, 4) is 0 Å².